The fourth-order valence-electron chi connectivity index (χ4n) is 6.46. The largest absolute Gasteiger partial charge is 0.507 e. The third-order valence-electron chi connectivity index (χ3n) is 8.19. The van der Waals surface area contributed by atoms with Gasteiger partial charge in [0.05, 0.1) is 22.9 Å². The summed E-state index contributed by atoms with van der Waals surface area (Å²) in [6.07, 6.45) is 3.83. The molecule has 0 radical (unpaired) electrons. The van der Waals surface area contributed by atoms with Crippen molar-refractivity contribution in [2.45, 2.75) is 32.2 Å². The summed E-state index contributed by atoms with van der Waals surface area (Å²) < 4.78 is 0.183. The quantitative estimate of drug-likeness (QED) is 0.336. The molecule has 1 fully saturated rings. The van der Waals surface area contributed by atoms with Gasteiger partial charge >= 0.3 is 0 Å². The molecule has 0 bridgehead atoms. The number of halogens is 1. The molecule has 1 N–H and O–H groups in total. The van der Waals surface area contributed by atoms with Gasteiger partial charge < -0.3 is 5.11 Å². The van der Waals surface area contributed by atoms with Crippen molar-refractivity contribution in [3.63, 3.8) is 0 Å². The Morgan fingerprint density at radius 1 is 0.973 bits per heavy atom. The number of Topliss-reactive ketones (excluding diaryl/α,β-unsaturated/α-hetero) is 1. The zero-order valence-electron chi connectivity index (χ0n) is 20.1. The van der Waals surface area contributed by atoms with Gasteiger partial charge in [0.1, 0.15) is 5.75 Å². The van der Waals surface area contributed by atoms with Crippen molar-refractivity contribution in [2.24, 2.45) is 17.8 Å². The first kappa shape index (κ1) is 23.8. The number of nitrogens with zero attached hydrogens (tertiary/aromatic N) is 1. The smallest absolute Gasteiger partial charge is 0.234 e. The molecule has 1 heterocycles. The van der Waals surface area contributed by atoms with Crippen LogP contribution in [0.25, 0.3) is 0 Å². The molecule has 186 valence electrons. The summed E-state index contributed by atoms with van der Waals surface area (Å²) in [6, 6.07) is 14.8. The first-order chi connectivity index (χ1) is 17.8. The molecule has 2 aromatic rings. The monoisotopic (exact) mass is 557 g/mol. The number of allylic oxidation sites excluding steroid dienone is 6. The minimum atomic E-state index is -0.658. The maximum Gasteiger partial charge on any atom is 0.234 e. The molecule has 0 aromatic heterocycles. The summed E-state index contributed by atoms with van der Waals surface area (Å²) in [4.78, 5) is 55.1. The van der Waals surface area contributed by atoms with Crippen LogP contribution in [-0.2, 0) is 25.7 Å². The highest BCUT2D eigenvalue weighted by molar-refractivity contribution is 9.12. The zero-order chi connectivity index (χ0) is 26.0. The Morgan fingerprint density at radius 3 is 2.49 bits per heavy atom. The van der Waals surface area contributed by atoms with Gasteiger partial charge in [-0.1, -0.05) is 60.2 Å². The first-order valence-electron chi connectivity index (χ1n) is 12.3. The molecule has 4 atom stereocenters. The van der Waals surface area contributed by atoms with E-state index in [0.29, 0.717) is 28.7 Å². The number of carbonyl (C=O) groups excluding carboxylic acids is 4. The molecule has 0 saturated carbocycles. The van der Waals surface area contributed by atoms with Crippen LogP contribution >= 0.6 is 15.9 Å². The normalized spacial score (nSPS) is 27.0. The number of para-hydroxylation sites is 1. The fourth-order valence-corrected chi connectivity index (χ4v) is 6.91. The van der Waals surface area contributed by atoms with Gasteiger partial charge in [-0.25, -0.2) is 0 Å². The summed E-state index contributed by atoms with van der Waals surface area (Å²) in [5.41, 5.74) is 3.60. The molecule has 1 aliphatic heterocycles. The number of amides is 2. The highest BCUT2D eigenvalue weighted by Gasteiger charge is 2.56. The number of rotatable bonds is 3. The molecular weight excluding hydrogens is 534 g/mol. The van der Waals surface area contributed by atoms with Crippen LogP contribution in [0.2, 0.25) is 0 Å². The number of aryl methyl sites for hydroxylation is 1. The Labute approximate surface area is 222 Å². The number of fused-ring (bicyclic) bond motifs is 3. The van der Waals surface area contributed by atoms with E-state index in [0.717, 1.165) is 11.1 Å². The maximum atomic E-state index is 13.8. The lowest BCUT2D eigenvalue weighted by Gasteiger charge is -2.42. The van der Waals surface area contributed by atoms with Crippen LogP contribution in [0.3, 0.4) is 0 Å². The fraction of sp³-hybridized carbons (Fsp3) is 0.267. The molecule has 0 spiro atoms. The molecular formula is C30H24BrNO5. The second-order valence-corrected chi connectivity index (χ2v) is 11.0. The molecule has 2 amide bonds. The number of carbonyl (C=O) groups is 4. The van der Waals surface area contributed by atoms with E-state index >= 15 is 0 Å². The van der Waals surface area contributed by atoms with E-state index in [4.69, 9.17) is 0 Å². The second-order valence-electron chi connectivity index (χ2n) is 10.2. The average Bonchev–Trinajstić information content (AvgIpc) is 3.13. The lowest BCUT2D eigenvalue weighted by atomic mass is 9.59. The molecule has 6 rings (SSSR count). The van der Waals surface area contributed by atoms with Gasteiger partial charge in [-0.05, 0) is 52.7 Å². The molecule has 4 unspecified atom stereocenters. The number of ketones is 2. The summed E-state index contributed by atoms with van der Waals surface area (Å²) >= 11 is 3.23. The number of likely N-dealkylation sites (tertiary alicyclic amines) is 1. The van der Waals surface area contributed by atoms with E-state index < -0.39 is 23.7 Å². The molecule has 37 heavy (non-hydrogen) atoms. The SMILES string of the molecule is Cc1cccc(C2C3=CCC4C(=O)N(Cc5ccccc5)C(=O)C4C3CC3=C2C(=O)C=C(Br)C3=O)c1O. The van der Waals surface area contributed by atoms with E-state index in [2.05, 4.69) is 15.9 Å². The lowest BCUT2D eigenvalue weighted by molar-refractivity contribution is -0.140. The summed E-state index contributed by atoms with van der Waals surface area (Å²) in [5, 5.41) is 11.0. The summed E-state index contributed by atoms with van der Waals surface area (Å²) in [5.74, 6) is -3.15. The third-order valence-corrected chi connectivity index (χ3v) is 8.78. The molecule has 6 nitrogen and oxygen atoms in total. The number of hydrogen-bond donors (Lipinski definition) is 1. The number of benzene rings is 2. The second kappa shape index (κ2) is 8.77. The van der Waals surface area contributed by atoms with Crippen LogP contribution in [0.15, 0.2) is 81.9 Å². The van der Waals surface area contributed by atoms with E-state index in [1.807, 2.05) is 42.5 Å². The van der Waals surface area contributed by atoms with Gasteiger partial charge in [0.2, 0.25) is 11.8 Å². The van der Waals surface area contributed by atoms with Crippen molar-refractivity contribution in [3.8, 4) is 5.75 Å². The first-order valence-corrected chi connectivity index (χ1v) is 13.1. The van der Waals surface area contributed by atoms with Crippen LogP contribution in [0.5, 0.6) is 5.75 Å². The van der Waals surface area contributed by atoms with E-state index in [-0.39, 0.29) is 46.6 Å². The summed E-state index contributed by atoms with van der Waals surface area (Å²) in [6.45, 7) is 1.99. The molecule has 4 aliphatic rings. The van der Waals surface area contributed by atoms with Crippen LogP contribution in [0.4, 0.5) is 0 Å². The molecule has 1 saturated heterocycles. The molecule has 7 heteroatoms. The van der Waals surface area contributed by atoms with Crippen LogP contribution in [-0.4, -0.2) is 33.4 Å². The average molecular weight is 558 g/mol. The summed E-state index contributed by atoms with van der Waals surface area (Å²) in [7, 11) is 0. The predicted molar refractivity (Wildman–Crippen MR) is 139 cm³/mol. The number of aromatic hydroxyl groups is 1. The minimum absolute atomic E-state index is 0.0661. The topological polar surface area (TPSA) is 91.8 Å². The van der Waals surface area contributed by atoms with Gasteiger partial charge in [0, 0.05) is 28.7 Å². The zero-order valence-corrected chi connectivity index (χ0v) is 21.7. The number of phenolic OH excluding ortho intramolecular Hbond substituents is 1. The third kappa shape index (κ3) is 3.59. The van der Waals surface area contributed by atoms with Gasteiger partial charge in [0.25, 0.3) is 0 Å². The van der Waals surface area contributed by atoms with Gasteiger partial charge in [0.15, 0.2) is 11.6 Å². The van der Waals surface area contributed by atoms with Crippen LogP contribution in [0, 0.1) is 24.7 Å². The molecule has 3 aliphatic carbocycles. The van der Waals surface area contributed by atoms with E-state index in [1.54, 1.807) is 19.1 Å². The Hall–Kier alpha value is -3.58. The highest BCUT2D eigenvalue weighted by atomic mass is 79.9. The molecule has 2 aromatic carbocycles. The standard InChI is InChI=1S/C30H24BrNO5/c1-15-6-5-9-18(27(15)34)24-17-10-11-19-25(20(17)12-21-26(24)23(33)13-22(31)28(21)35)30(37)32(29(19)36)14-16-7-3-2-4-8-16/h2-10,13,19-20,24-25,34H,11-12,14H2,1H3. The van der Waals surface area contributed by atoms with Gasteiger partial charge in [-0.2, -0.15) is 0 Å². The van der Waals surface area contributed by atoms with Crippen molar-refractivity contribution in [2.75, 3.05) is 0 Å². The Balaban J connectivity index is 1.47. The number of imide groups is 1. The Kier molecular flexibility index (Phi) is 5.64. The van der Waals surface area contributed by atoms with Gasteiger partial charge in [-0.15, -0.1) is 0 Å². The van der Waals surface area contributed by atoms with Crippen molar-refractivity contribution in [1.29, 1.82) is 0 Å². The Morgan fingerprint density at radius 2 is 1.73 bits per heavy atom. The minimum Gasteiger partial charge on any atom is -0.507 e. The van der Waals surface area contributed by atoms with E-state index in [9.17, 15) is 24.3 Å². The lowest BCUT2D eigenvalue weighted by Crippen LogP contribution is -2.39. The Bertz CT molecular complexity index is 1480. The van der Waals surface area contributed by atoms with Crippen LogP contribution in [0.1, 0.15) is 35.4 Å². The van der Waals surface area contributed by atoms with E-state index in [1.165, 1.54) is 11.0 Å². The van der Waals surface area contributed by atoms with Crippen molar-refractivity contribution in [3.05, 3.63) is 98.6 Å². The van der Waals surface area contributed by atoms with Crippen molar-refractivity contribution >= 4 is 39.3 Å². The van der Waals surface area contributed by atoms with Crippen molar-refractivity contribution in [1.82, 2.24) is 4.90 Å². The van der Waals surface area contributed by atoms with Crippen molar-refractivity contribution < 1.29 is 24.3 Å². The number of hydrogen-bond acceptors (Lipinski definition) is 5. The predicted octanol–water partition coefficient (Wildman–Crippen LogP) is 4.66. The highest BCUT2D eigenvalue weighted by Crippen LogP contribution is 2.56. The van der Waals surface area contributed by atoms with Crippen LogP contribution < -0.4 is 0 Å². The van der Waals surface area contributed by atoms with Gasteiger partial charge in [-0.3, -0.25) is 24.1 Å². The number of phenols is 1. The maximum absolute atomic E-state index is 13.8.